The Hall–Kier alpha value is -0.830. The maximum atomic E-state index is 12.5. The number of halogens is 1. The second-order valence-corrected chi connectivity index (χ2v) is 15.5. The van der Waals surface area contributed by atoms with Gasteiger partial charge >= 0.3 is 0 Å². The minimum atomic E-state index is -1.13. The second kappa shape index (κ2) is 15.1. The van der Waals surface area contributed by atoms with Gasteiger partial charge in [-0.3, -0.25) is 0 Å². The molecule has 0 aromatic carbocycles. The number of rotatable bonds is 4. The lowest BCUT2D eigenvalue weighted by Gasteiger charge is -2.58. The van der Waals surface area contributed by atoms with Crippen LogP contribution < -0.4 is 10.6 Å². The highest BCUT2D eigenvalue weighted by Crippen LogP contribution is 2.66. The third-order valence-corrected chi connectivity index (χ3v) is 13.1. The zero-order valence-corrected chi connectivity index (χ0v) is 27.5. The molecule has 0 spiro atoms. The smallest absolute Gasteiger partial charge is 0.0970 e. The van der Waals surface area contributed by atoms with Gasteiger partial charge in [-0.25, -0.2) is 4.20 Å². The van der Waals surface area contributed by atoms with E-state index in [4.69, 9.17) is 5.41 Å². The third-order valence-electron chi connectivity index (χ3n) is 11.7. The standard InChI is InChI=1S/C22H33N.C6H13FNP.C5H11N.C2H4.H2/c1-14-9-11-21(3)16(13-14)5-6-17-19-8-7-18(15(2)23)22(19,4)12-10-20(17)21;1-2-3-6-4-9(7)5-8-6;1-6-5-3-2-4-5;1-2;/h13,17-20,23H,1,5-12H2,2-4H3;6,8H,2-5H2,1H3;5-6H,2-4H2,1H3;1-2H2;1H. The summed E-state index contributed by atoms with van der Waals surface area (Å²) < 4.78 is 12.5. The van der Waals surface area contributed by atoms with Gasteiger partial charge in [0, 0.05) is 37.6 Å². The Morgan fingerprint density at radius 1 is 1.12 bits per heavy atom. The molecule has 8 unspecified atom stereocenters. The van der Waals surface area contributed by atoms with E-state index in [1.165, 1.54) is 82.6 Å². The topological polar surface area (TPSA) is 47.9 Å². The summed E-state index contributed by atoms with van der Waals surface area (Å²) in [4.78, 5) is 0. The average Bonchev–Trinajstić information content (AvgIpc) is 3.48. The summed E-state index contributed by atoms with van der Waals surface area (Å²) in [6, 6.07) is 1.36. The maximum absolute atomic E-state index is 12.5. The van der Waals surface area contributed by atoms with Crippen LogP contribution in [-0.2, 0) is 0 Å². The molecule has 0 radical (unpaired) electrons. The van der Waals surface area contributed by atoms with Crippen LogP contribution in [0.4, 0.5) is 4.20 Å². The van der Waals surface area contributed by atoms with Gasteiger partial charge in [-0.2, -0.15) is 0 Å². The van der Waals surface area contributed by atoms with Crippen LogP contribution in [0.2, 0.25) is 0 Å². The zero-order valence-electron chi connectivity index (χ0n) is 26.6. The van der Waals surface area contributed by atoms with Crippen LogP contribution in [0.1, 0.15) is 113 Å². The lowest BCUT2D eigenvalue weighted by Crippen LogP contribution is -2.50. The molecule has 3 nitrogen and oxygen atoms in total. The van der Waals surface area contributed by atoms with Gasteiger partial charge in [0.25, 0.3) is 0 Å². The van der Waals surface area contributed by atoms with Crippen molar-refractivity contribution in [3.8, 4) is 0 Å². The normalized spacial score (nSPS) is 39.8. The van der Waals surface area contributed by atoms with Gasteiger partial charge in [-0.1, -0.05) is 57.4 Å². The van der Waals surface area contributed by atoms with Gasteiger partial charge in [0.2, 0.25) is 0 Å². The quantitative estimate of drug-likeness (QED) is 0.177. The van der Waals surface area contributed by atoms with Crippen molar-refractivity contribution in [1.29, 1.82) is 5.41 Å². The minimum absolute atomic E-state index is 0. The average molecular weight is 576 g/mol. The molecular weight excluding hydrogens is 512 g/mol. The summed E-state index contributed by atoms with van der Waals surface area (Å²) in [7, 11) is 0.905. The second-order valence-electron chi connectivity index (χ2n) is 13.9. The van der Waals surface area contributed by atoms with E-state index in [0.29, 0.717) is 29.1 Å². The Labute approximate surface area is 249 Å². The Bertz CT molecular complexity index is 886. The van der Waals surface area contributed by atoms with Crippen LogP contribution in [0.15, 0.2) is 37.0 Å². The van der Waals surface area contributed by atoms with E-state index in [0.717, 1.165) is 42.1 Å². The van der Waals surface area contributed by atoms with E-state index in [1.807, 2.05) is 7.05 Å². The van der Waals surface area contributed by atoms with Crippen molar-refractivity contribution in [2.75, 3.05) is 19.5 Å². The molecule has 1 heterocycles. The van der Waals surface area contributed by atoms with Gasteiger partial charge in [0.05, 0.1) is 8.23 Å². The zero-order chi connectivity index (χ0) is 29.5. The van der Waals surface area contributed by atoms with Crippen molar-refractivity contribution >= 4 is 13.9 Å². The molecule has 6 aliphatic rings. The highest BCUT2D eigenvalue weighted by molar-refractivity contribution is 7.52. The first-order valence-corrected chi connectivity index (χ1v) is 18.0. The molecule has 1 saturated heterocycles. The monoisotopic (exact) mass is 575 g/mol. The van der Waals surface area contributed by atoms with Crippen LogP contribution in [-0.4, -0.2) is 37.3 Å². The summed E-state index contributed by atoms with van der Waals surface area (Å²) >= 11 is 0. The molecule has 0 aromatic rings. The summed E-state index contributed by atoms with van der Waals surface area (Å²) in [5.74, 6) is 3.23. The Kier molecular flexibility index (Phi) is 12.7. The van der Waals surface area contributed by atoms with Gasteiger partial charge in [-0.05, 0) is 113 Å². The van der Waals surface area contributed by atoms with Crippen LogP contribution in [0.25, 0.3) is 0 Å². The van der Waals surface area contributed by atoms with E-state index in [1.54, 1.807) is 5.57 Å². The van der Waals surface area contributed by atoms with Crippen LogP contribution in [0.5, 0.6) is 0 Å². The maximum Gasteiger partial charge on any atom is 0.0970 e. The fourth-order valence-corrected chi connectivity index (χ4v) is 10.6. The van der Waals surface area contributed by atoms with E-state index in [-0.39, 0.29) is 1.43 Å². The van der Waals surface area contributed by atoms with E-state index >= 15 is 0 Å². The highest BCUT2D eigenvalue weighted by atomic mass is 31.2. The number of allylic oxidation sites excluding steroid dienone is 3. The first-order chi connectivity index (χ1) is 19.1. The van der Waals surface area contributed by atoms with Crippen molar-refractivity contribution in [2.24, 2.45) is 34.5 Å². The molecule has 0 bridgehead atoms. The molecule has 0 amide bonds. The van der Waals surface area contributed by atoms with Crippen molar-refractivity contribution in [3.63, 3.8) is 0 Å². The largest absolute Gasteiger partial charge is 0.317 e. The Morgan fingerprint density at radius 2 is 1.85 bits per heavy atom. The Morgan fingerprint density at radius 3 is 2.38 bits per heavy atom. The van der Waals surface area contributed by atoms with Gasteiger partial charge < -0.3 is 16.0 Å². The number of hydrogen-bond donors (Lipinski definition) is 3. The summed E-state index contributed by atoms with van der Waals surface area (Å²) in [5.41, 5.74) is 4.89. The molecule has 3 N–H and O–H groups in total. The molecule has 6 rings (SSSR count). The molecule has 0 aromatic heterocycles. The summed E-state index contributed by atoms with van der Waals surface area (Å²) in [6.07, 6.45) is 21.0. The SMILES string of the molecule is C=C.C=C1C=C2CCC3C(CCC4(C)C(C(C)=N)CCC34)C2(C)CC1.CCCC1CP(F)CN1.CNC1CCC1.[HH]. The van der Waals surface area contributed by atoms with Gasteiger partial charge in [0.1, 0.15) is 0 Å². The first kappa shape index (κ1) is 33.7. The minimum Gasteiger partial charge on any atom is -0.317 e. The molecule has 5 aliphatic carbocycles. The Balaban J connectivity index is 0.000000269. The molecule has 40 heavy (non-hydrogen) atoms. The van der Waals surface area contributed by atoms with Crippen molar-refractivity contribution in [1.82, 2.24) is 10.6 Å². The number of fused-ring (bicyclic) bond motifs is 5. The highest BCUT2D eigenvalue weighted by Gasteiger charge is 2.58. The first-order valence-electron chi connectivity index (χ1n) is 16.4. The van der Waals surface area contributed by atoms with Crippen molar-refractivity contribution in [3.05, 3.63) is 37.0 Å². The summed E-state index contributed by atoms with van der Waals surface area (Å²) in [6.45, 7) is 19.5. The number of hydrogen-bond acceptors (Lipinski definition) is 3. The van der Waals surface area contributed by atoms with Crippen LogP contribution >= 0.6 is 8.23 Å². The van der Waals surface area contributed by atoms with E-state index < -0.39 is 8.23 Å². The van der Waals surface area contributed by atoms with Crippen molar-refractivity contribution < 1.29 is 5.62 Å². The third kappa shape index (κ3) is 7.38. The lowest BCUT2D eigenvalue weighted by molar-refractivity contribution is -0.0417. The molecule has 5 heteroatoms. The van der Waals surface area contributed by atoms with Crippen molar-refractivity contribution in [2.45, 2.75) is 123 Å². The van der Waals surface area contributed by atoms with Crippen LogP contribution in [0.3, 0.4) is 0 Å². The predicted octanol–water partition coefficient (Wildman–Crippen LogP) is 10.0. The molecular formula is C35H63FN3P. The fraction of sp³-hybridized carbons (Fsp3) is 0.800. The van der Waals surface area contributed by atoms with E-state index in [9.17, 15) is 4.20 Å². The molecule has 230 valence electrons. The fourth-order valence-electron chi connectivity index (χ4n) is 9.20. The van der Waals surface area contributed by atoms with Crippen LogP contribution in [0, 0.1) is 39.9 Å². The molecule has 5 fully saturated rings. The molecule has 1 aliphatic heterocycles. The van der Waals surface area contributed by atoms with Gasteiger partial charge in [-0.15, -0.1) is 13.2 Å². The van der Waals surface area contributed by atoms with E-state index in [2.05, 4.69) is 64.1 Å². The lowest BCUT2D eigenvalue weighted by atomic mass is 9.46. The van der Waals surface area contributed by atoms with Gasteiger partial charge in [0.15, 0.2) is 0 Å². The number of nitrogens with one attached hydrogen (secondary N) is 3. The summed E-state index contributed by atoms with van der Waals surface area (Å²) in [5, 5.41) is 14.6. The predicted molar refractivity (Wildman–Crippen MR) is 177 cm³/mol. The molecule has 8 atom stereocenters. The molecule has 4 saturated carbocycles.